The molecule has 0 aliphatic heterocycles. The van der Waals surface area contributed by atoms with Gasteiger partial charge in [-0.15, -0.1) is 56.7 Å². The van der Waals surface area contributed by atoms with Gasteiger partial charge in [0.1, 0.15) is 11.6 Å². The van der Waals surface area contributed by atoms with Crippen LogP contribution in [0.2, 0.25) is 10.0 Å². The molecular formula is C108H115Cl2F2N5O5S5. The first-order valence-corrected chi connectivity index (χ1v) is 50.7. The van der Waals surface area contributed by atoms with Gasteiger partial charge in [-0.2, -0.15) is 0 Å². The summed E-state index contributed by atoms with van der Waals surface area (Å²) in [4.78, 5) is 95.7. The van der Waals surface area contributed by atoms with Crippen LogP contribution in [0.4, 0.5) is 8.78 Å². The first-order valence-electron chi connectivity index (χ1n) is 45.5. The van der Waals surface area contributed by atoms with Gasteiger partial charge in [-0.05, 0) is 174 Å². The summed E-state index contributed by atoms with van der Waals surface area (Å²) in [6, 6.07) is 38.7. The van der Waals surface area contributed by atoms with Crippen LogP contribution in [-0.4, -0.2) is 53.8 Å². The maximum atomic E-state index is 14.9. The van der Waals surface area contributed by atoms with Gasteiger partial charge in [-0.1, -0.05) is 240 Å². The van der Waals surface area contributed by atoms with Gasteiger partial charge in [0.2, 0.25) is 0 Å². The lowest BCUT2D eigenvalue weighted by Crippen LogP contribution is -2.42. The Kier molecular flexibility index (Phi) is 24.4. The Hall–Kier alpha value is -8.26. The molecule has 1 saturated carbocycles. The highest BCUT2D eigenvalue weighted by molar-refractivity contribution is 7.11. The Morgan fingerprint density at radius 1 is 0.331 bits per heavy atom. The molecule has 5 aromatic heterocycles. The van der Waals surface area contributed by atoms with Crippen LogP contribution in [0.1, 0.15) is 305 Å². The molecule has 0 radical (unpaired) electrons. The summed E-state index contributed by atoms with van der Waals surface area (Å²) in [6.45, 7) is 32.6. The van der Waals surface area contributed by atoms with E-state index >= 15 is 0 Å². The summed E-state index contributed by atoms with van der Waals surface area (Å²) in [6.07, 6.45) is 18.3. The van der Waals surface area contributed by atoms with E-state index in [0.29, 0.717) is 55.7 Å². The largest absolute Gasteiger partial charge is 0.294 e. The summed E-state index contributed by atoms with van der Waals surface area (Å²) in [5, 5.41) is 1.45. The van der Waals surface area contributed by atoms with E-state index in [2.05, 4.69) is 166 Å². The Labute approximate surface area is 777 Å². The predicted octanol–water partition coefficient (Wildman–Crippen LogP) is 27.9. The zero-order valence-corrected chi connectivity index (χ0v) is 81.5. The molecule has 5 atom stereocenters. The SMILES string of the molecule is CCC1(c2ccc(Cl)cc2)C2=C(Cc3ncsc31)CC(C)(C)CC2=O.CCC1(c2ccc(F)cc2)C2=C(Cc3ncsc31)CC(C)(C)CC2=O.CCC1(c2cccc(C3CC3)c2)C2=C(Cc3ncsc31)CC(C)(C)CC2=O.CCC1(c2ccccc2Cl)C2=C(Cc3ncsc31)CC(C)(C)CC2=O.CCC1(c2ccccc2F)C2=C(Cc3ncsc31)CC(C)(C)CC2=O. The number of benzene rings is 5. The average molecular weight is 1830 g/mol. The third-order valence-corrected chi connectivity index (χ3v) is 35.2. The number of nitrogens with zero attached hydrogens (tertiary/aromatic N) is 5. The molecule has 0 saturated heterocycles. The number of fused-ring (bicyclic) bond motifs is 5. The van der Waals surface area contributed by atoms with Crippen molar-refractivity contribution in [1.82, 2.24) is 24.9 Å². The molecule has 21 rings (SSSR count). The Morgan fingerprint density at radius 2 is 0.622 bits per heavy atom. The van der Waals surface area contributed by atoms with E-state index in [1.807, 2.05) is 82.1 Å². The average Bonchev–Trinajstić information content (AvgIpc) is 1.73. The van der Waals surface area contributed by atoms with Crippen molar-refractivity contribution < 1.29 is 32.8 Å². The van der Waals surface area contributed by atoms with Crippen LogP contribution in [0.5, 0.6) is 0 Å². The van der Waals surface area contributed by atoms with Crippen molar-refractivity contribution in [2.45, 2.75) is 278 Å². The standard InChI is InChI=1S/C24H27NOS.2C21H22ClNOS.2C21H22FNOS/c1-4-24(18-7-5-6-16(10-18)15-8-9-15)21-17(11-19-22(24)27-14-25-19)12-23(2,3)13-20(21)26;1-4-21(14-5-7-15(22)8-6-14)18-13(9-16-19(21)25-12-23-16)10-20(2,3)11-17(18)24;1-4-21(14-7-5-6-8-15(14)22)18-13(9-16-19(21)25-12-23-16)10-20(2,3)11-17(18)24;1-4-21(14-5-7-15(22)8-6-14)18-13(9-16-19(21)25-12-23-16)10-20(2,3)11-17(18)24;1-4-21(14-7-5-6-8-15(14)22)18-13(9-16-19(21)25-12-23-16)10-20(2,3)11-17(18)24/h5-7,10,14-15H,4,8-9,11-13H2,1-3H3;4*5-8,12H,4,9-11H2,1-3H3. The van der Waals surface area contributed by atoms with Crippen molar-refractivity contribution in [3.8, 4) is 0 Å². The van der Waals surface area contributed by atoms with Crippen molar-refractivity contribution in [1.29, 1.82) is 0 Å². The topological polar surface area (TPSA) is 150 Å². The molecule has 11 aliphatic rings. The monoisotopic (exact) mass is 1830 g/mol. The molecule has 5 aromatic carbocycles. The lowest BCUT2D eigenvalue weighted by Gasteiger charge is -2.45. The summed E-state index contributed by atoms with van der Waals surface area (Å²) in [7, 11) is 0. The minimum atomic E-state index is -0.691. The van der Waals surface area contributed by atoms with Gasteiger partial charge in [0.15, 0.2) is 28.9 Å². The van der Waals surface area contributed by atoms with Gasteiger partial charge in [0, 0.05) is 132 Å². The van der Waals surface area contributed by atoms with Crippen LogP contribution >= 0.6 is 79.9 Å². The van der Waals surface area contributed by atoms with Gasteiger partial charge in [-0.3, -0.25) is 24.0 Å². The highest BCUT2D eigenvalue weighted by Gasteiger charge is 2.57. The molecule has 5 heterocycles. The van der Waals surface area contributed by atoms with Crippen LogP contribution in [0.25, 0.3) is 0 Å². The molecule has 0 N–H and O–H groups in total. The number of allylic oxidation sites excluding steroid dienone is 10. The van der Waals surface area contributed by atoms with E-state index in [4.69, 9.17) is 28.2 Å². The van der Waals surface area contributed by atoms with Crippen LogP contribution in [-0.2, 0) is 83.2 Å². The minimum absolute atomic E-state index is 0.00822. The van der Waals surface area contributed by atoms with Gasteiger partial charge in [0.05, 0.1) is 83.1 Å². The number of rotatable bonds is 11. The third-order valence-electron chi connectivity index (χ3n) is 29.4. The number of halogens is 4. The van der Waals surface area contributed by atoms with E-state index in [-0.39, 0.29) is 66.9 Å². The number of aromatic nitrogens is 5. The molecule has 0 spiro atoms. The third kappa shape index (κ3) is 15.8. The molecule has 10 nitrogen and oxygen atoms in total. The number of carbonyl (C=O) groups excluding carboxylic acids is 5. The molecule has 0 amide bonds. The van der Waals surface area contributed by atoms with Crippen molar-refractivity contribution in [2.75, 3.05) is 0 Å². The number of hydrogen-bond donors (Lipinski definition) is 0. The van der Waals surface area contributed by atoms with Gasteiger partial charge >= 0.3 is 0 Å². The van der Waals surface area contributed by atoms with Crippen molar-refractivity contribution >= 4 is 109 Å². The van der Waals surface area contributed by atoms with Crippen molar-refractivity contribution in [3.63, 3.8) is 0 Å². The molecule has 127 heavy (non-hydrogen) atoms. The number of Topliss-reactive ketones (excluding diaryl/α,β-unsaturated/α-hetero) is 5. The maximum absolute atomic E-state index is 14.9. The highest BCUT2D eigenvalue weighted by Crippen LogP contribution is 2.63. The van der Waals surface area contributed by atoms with Crippen LogP contribution < -0.4 is 0 Å². The summed E-state index contributed by atoms with van der Waals surface area (Å²) < 4.78 is 28.4. The van der Waals surface area contributed by atoms with Crippen LogP contribution in [0.15, 0.2) is 205 Å². The lowest BCUT2D eigenvalue weighted by molar-refractivity contribution is -0.119. The summed E-state index contributed by atoms with van der Waals surface area (Å²) >= 11 is 21.0. The number of ketones is 5. The molecule has 11 aliphatic carbocycles. The fourth-order valence-corrected chi connectivity index (χ4v) is 30.5. The normalized spacial score (nSPS) is 25.3. The summed E-state index contributed by atoms with van der Waals surface area (Å²) in [5.74, 6) is 1.61. The maximum Gasteiger partial charge on any atom is 0.160 e. The van der Waals surface area contributed by atoms with E-state index in [0.717, 1.165) is 189 Å². The van der Waals surface area contributed by atoms with E-state index in [9.17, 15) is 32.8 Å². The van der Waals surface area contributed by atoms with Gasteiger partial charge in [-0.25, -0.2) is 33.7 Å². The first kappa shape index (κ1) is 90.7. The van der Waals surface area contributed by atoms with Crippen LogP contribution in [0, 0.1) is 38.7 Å². The zero-order valence-electron chi connectivity index (χ0n) is 75.9. The number of carbonyl (C=O) groups is 5. The molecule has 5 unspecified atom stereocenters. The zero-order chi connectivity index (χ0) is 90.1. The first-order chi connectivity index (χ1) is 60.5. The fraction of sp³-hybridized carbons (Fsp3) is 0.444. The Balaban J connectivity index is 0.000000112. The predicted molar refractivity (Wildman–Crippen MR) is 514 cm³/mol. The number of thiazole rings is 5. The van der Waals surface area contributed by atoms with E-state index in [1.54, 1.807) is 62.8 Å². The Bertz CT molecular complexity index is 5960. The number of hydrogen-bond acceptors (Lipinski definition) is 15. The molecule has 0 bridgehead atoms. The van der Waals surface area contributed by atoms with Gasteiger partial charge < -0.3 is 0 Å². The molecule has 660 valence electrons. The fourth-order valence-electron chi connectivity index (χ4n) is 24.6. The Morgan fingerprint density at radius 3 is 0.945 bits per heavy atom. The molecule has 19 heteroatoms. The molecular weight excluding hydrogens is 1720 g/mol. The van der Waals surface area contributed by atoms with Crippen molar-refractivity contribution in [2.24, 2.45) is 27.1 Å². The van der Waals surface area contributed by atoms with Crippen molar-refractivity contribution in [3.05, 3.63) is 313 Å². The molecule has 1 fully saturated rings. The second-order valence-electron chi connectivity index (χ2n) is 41.3. The second kappa shape index (κ2) is 34.2. The second-order valence-corrected chi connectivity index (χ2v) is 46.4. The van der Waals surface area contributed by atoms with E-state index < -0.39 is 16.2 Å². The van der Waals surface area contributed by atoms with Crippen LogP contribution in [0.3, 0.4) is 0 Å². The molecule has 10 aromatic rings. The minimum Gasteiger partial charge on any atom is -0.294 e. The quantitative estimate of drug-likeness (QED) is 0.122. The lowest BCUT2D eigenvalue weighted by atomic mass is 9.58. The summed E-state index contributed by atoms with van der Waals surface area (Å²) in [5.41, 5.74) is 30.7. The van der Waals surface area contributed by atoms with Gasteiger partial charge in [0.25, 0.3) is 0 Å². The highest BCUT2D eigenvalue weighted by atomic mass is 35.5. The van der Waals surface area contributed by atoms with E-state index in [1.165, 1.54) is 84.8 Å². The smallest absolute Gasteiger partial charge is 0.160 e.